The fourth-order valence-corrected chi connectivity index (χ4v) is 8.78. The summed E-state index contributed by atoms with van der Waals surface area (Å²) in [5, 5.41) is 6.48. The van der Waals surface area contributed by atoms with Crippen LogP contribution in [0.4, 0.5) is 0 Å². The van der Waals surface area contributed by atoms with Crippen LogP contribution in [0.3, 0.4) is 0 Å². The van der Waals surface area contributed by atoms with Crippen LogP contribution in [0.25, 0.3) is 0 Å². The number of sulfone groups is 1. The molecule has 1 heterocycles. The van der Waals surface area contributed by atoms with E-state index in [1.807, 2.05) is 0 Å². The van der Waals surface area contributed by atoms with Gasteiger partial charge in [0, 0.05) is 37.5 Å². The Labute approximate surface area is 212 Å². The zero-order valence-corrected chi connectivity index (χ0v) is 22.5. The van der Waals surface area contributed by atoms with E-state index in [-0.39, 0.29) is 23.1 Å². The Morgan fingerprint density at radius 3 is 2.20 bits per heavy atom. The second-order valence-electron chi connectivity index (χ2n) is 11.8. The summed E-state index contributed by atoms with van der Waals surface area (Å²) in [4.78, 5) is 28.2. The molecule has 3 saturated carbocycles. The van der Waals surface area contributed by atoms with E-state index in [9.17, 15) is 18.0 Å². The average Bonchev–Trinajstić information content (AvgIpc) is 3.67. The van der Waals surface area contributed by atoms with Crippen molar-refractivity contribution in [3.8, 4) is 0 Å². The van der Waals surface area contributed by atoms with Crippen LogP contribution in [0.2, 0.25) is 0 Å². The van der Waals surface area contributed by atoms with Gasteiger partial charge in [-0.05, 0) is 102 Å². The molecular formula is C27H47N3O4S. The molecule has 0 aromatic heterocycles. The molecule has 200 valence electrons. The van der Waals surface area contributed by atoms with Gasteiger partial charge in [-0.15, -0.1) is 0 Å². The fraction of sp³-hybridized carbons (Fsp3) is 0.926. The first kappa shape index (κ1) is 26.9. The quantitative estimate of drug-likeness (QED) is 0.470. The molecule has 4 rings (SSSR count). The number of hydrogen-bond donors (Lipinski definition) is 2. The highest BCUT2D eigenvalue weighted by Crippen LogP contribution is 2.36. The summed E-state index contributed by atoms with van der Waals surface area (Å²) in [7, 11) is -2.96. The van der Waals surface area contributed by atoms with Crippen molar-refractivity contribution in [2.24, 2.45) is 17.8 Å². The minimum Gasteiger partial charge on any atom is -0.353 e. The zero-order chi connectivity index (χ0) is 24.8. The van der Waals surface area contributed by atoms with Crippen molar-refractivity contribution in [1.82, 2.24) is 15.5 Å². The van der Waals surface area contributed by atoms with Gasteiger partial charge in [0.1, 0.15) is 0 Å². The van der Waals surface area contributed by atoms with E-state index in [4.69, 9.17) is 0 Å². The Bertz CT molecular complexity index is 806. The number of carbonyl (C=O) groups is 2. The van der Waals surface area contributed by atoms with E-state index in [0.717, 1.165) is 90.3 Å². The van der Waals surface area contributed by atoms with Crippen LogP contribution in [0.1, 0.15) is 96.8 Å². The highest BCUT2D eigenvalue weighted by atomic mass is 32.2. The van der Waals surface area contributed by atoms with Gasteiger partial charge in [-0.3, -0.25) is 9.59 Å². The van der Waals surface area contributed by atoms with Crippen molar-refractivity contribution in [2.75, 3.05) is 25.4 Å². The number of nitrogens with zero attached hydrogens (tertiary/aromatic N) is 1. The van der Waals surface area contributed by atoms with Crippen LogP contribution in [-0.2, 0) is 19.4 Å². The molecule has 1 aliphatic heterocycles. The van der Waals surface area contributed by atoms with Gasteiger partial charge in [0.2, 0.25) is 11.8 Å². The molecule has 4 fully saturated rings. The van der Waals surface area contributed by atoms with Crippen molar-refractivity contribution >= 4 is 21.7 Å². The molecule has 35 heavy (non-hydrogen) atoms. The molecule has 7 nitrogen and oxygen atoms in total. The summed E-state index contributed by atoms with van der Waals surface area (Å²) < 4.78 is 25.1. The van der Waals surface area contributed by atoms with E-state index < -0.39 is 9.84 Å². The molecule has 2 amide bonds. The first-order chi connectivity index (χ1) is 16.9. The highest BCUT2D eigenvalue weighted by Gasteiger charge is 2.37. The first-order valence-corrected chi connectivity index (χ1v) is 16.1. The van der Waals surface area contributed by atoms with E-state index in [1.54, 1.807) is 0 Å². The number of amides is 2. The SMILES string of the molecule is CCCN(C(=O)C1CCC(NC(=O)CC2CCC(S(=O)(=O)CC3CC3)CC2)CC1)C1CCCNC1. The fourth-order valence-electron chi connectivity index (χ4n) is 6.53. The first-order valence-electron chi connectivity index (χ1n) is 14.4. The summed E-state index contributed by atoms with van der Waals surface area (Å²) in [5.41, 5.74) is 0. The molecule has 2 N–H and O–H groups in total. The van der Waals surface area contributed by atoms with Crippen LogP contribution in [-0.4, -0.2) is 67.9 Å². The standard InChI is InChI=1S/C27H47N3O4S/c1-2-16-30(24-4-3-15-28-18-24)27(32)22-9-11-23(12-10-22)29-26(31)17-20-7-13-25(14-8-20)35(33,34)19-21-5-6-21/h20-25,28H,2-19H2,1H3,(H,29,31). The minimum absolute atomic E-state index is 0.0875. The maximum atomic E-state index is 13.3. The molecule has 0 bridgehead atoms. The Hall–Kier alpha value is -1.15. The Morgan fingerprint density at radius 2 is 1.60 bits per heavy atom. The van der Waals surface area contributed by atoms with Crippen molar-refractivity contribution in [3.63, 3.8) is 0 Å². The lowest BCUT2D eigenvalue weighted by Crippen LogP contribution is -2.51. The third kappa shape index (κ3) is 7.67. The highest BCUT2D eigenvalue weighted by molar-refractivity contribution is 7.92. The zero-order valence-electron chi connectivity index (χ0n) is 21.7. The van der Waals surface area contributed by atoms with Crippen molar-refractivity contribution in [2.45, 2.75) is 114 Å². The molecule has 1 atom stereocenters. The number of piperidine rings is 1. The molecule has 1 saturated heterocycles. The monoisotopic (exact) mass is 509 g/mol. The van der Waals surface area contributed by atoms with Gasteiger partial charge in [0.15, 0.2) is 9.84 Å². The van der Waals surface area contributed by atoms with E-state index >= 15 is 0 Å². The van der Waals surface area contributed by atoms with Gasteiger partial charge in [-0.2, -0.15) is 0 Å². The molecular weight excluding hydrogens is 462 g/mol. The predicted molar refractivity (Wildman–Crippen MR) is 139 cm³/mol. The molecule has 1 unspecified atom stereocenters. The lowest BCUT2D eigenvalue weighted by molar-refractivity contribution is -0.139. The molecule has 0 aromatic rings. The number of nitrogens with one attached hydrogen (secondary N) is 2. The normalized spacial score (nSPS) is 32.1. The second-order valence-corrected chi connectivity index (χ2v) is 14.1. The number of carbonyl (C=O) groups excluding carboxylic acids is 2. The Balaban J connectivity index is 1.16. The molecule has 0 radical (unpaired) electrons. The van der Waals surface area contributed by atoms with Crippen LogP contribution >= 0.6 is 0 Å². The molecule has 8 heteroatoms. The third-order valence-corrected chi connectivity index (χ3v) is 11.3. The van der Waals surface area contributed by atoms with Crippen LogP contribution in [0, 0.1) is 17.8 Å². The predicted octanol–water partition coefficient (Wildman–Crippen LogP) is 3.43. The maximum Gasteiger partial charge on any atom is 0.225 e. The van der Waals surface area contributed by atoms with E-state index in [1.165, 1.54) is 0 Å². The van der Waals surface area contributed by atoms with Crippen molar-refractivity contribution in [1.29, 1.82) is 0 Å². The molecule has 3 aliphatic carbocycles. The summed E-state index contributed by atoms with van der Waals surface area (Å²) in [6, 6.07) is 0.491. The molecule has 0 aromatic carbocycles. The van der Waals surface area contributed by atoms with Crippen molar-refractivity contribution in [3.05, 3.63) is 0 Å². The van der Waals surface area contributed by atoms with Gasteiger partial charge < -0.3 is 15.5 Å². The van der Waals surface area contributed by atoms with Gasteiger partial charge >= 0.3 is 0 Å². The topological polar surface area (TPSA) is 95.6 Å². The number of rotatable bonds is 10. The Kier molecular flexibility index (Phi) is 9.53. The maximum absolute atomic E-state index is 13.3. The van der Waals surface area contributed by atoms with E-state index in [0.29, 0.717) is 48.8 Å². The lowest BCUT2D eigenvalue weighted by Gasteiger charge is -2.38. The van der Waals surface area contributed by atoms with E-state index in [2.05, 4.69) is 22.5 Å². The van der Waals surface area contributed by atoms with Gasteiger partial charge in [0.25, 0.3) is 0 Å². The molecule has 4 aliphatic rings. The largest absolute Gasteiger partial charge is 0.353 e. The summed E-state index contributed by atoms with van der Waals surface area (Å²) in [5.74, 6) is 1.59. The van der Waals surface area contributed by atoms with Gasteiger partial charge in [-0.25, -0.2) is 8.42 Å². The van der Waals surface area contributed by atoms with Crippen LogP contribution in [0.15, 0.2) is 0 Å². The van der Waals surface area contributed by atoms with Crippen LogP contribution < -0.4 is 10.6 Å². The Morgan fingerprint density at radius 1 is 0.914 bits per heavy atom. The van der Waals surface area contributed by atoms with Gasteiger partial charge in [0.05, 0.1) is 11.0 Å². The van der Waals surface area contributed by atoms with Crippen molar-refractivity contribution < 1.29 is 18.0 Å². The summed E-state index contributed by atoms with van der Waals surface area (Å²) >= 11 is 0. The van der Waals surface area contributed by atoms with Crippen LogP contribution in [0.5, 0.6) is 0 Å². The van der Waals surface area contributed by atoms with Gasteiger partial charge in [-0.1, -0.05) is 6.92 Å². The lowest BCUT2D eigenvalue weighted by atomic mass is 9.83. The average molecular weight is 510 g/mol. The smallest absolute Gasteiger partial charge is 0.225 e. The molecule has 0 spiro atoms. The summed E-state index contributed by atoms with van der Waals surface area (Å²) in [6.45, 7) is 4.94. The number of hydrogen-bond acceptors (Lipinski definition) is 5. The third-order valence-electron chi connectivity index (χ3n) is 8.84. The minimum atomic E-state index is -2.96. The summed E-state index contributed by atoms with van der Waals surface area (Å²) in [6.07, 6.45) is 12.4. The second kappa shape index (κ2) is 12.4.